The Balaban J connectivity index is 1.82. The Bertz CT molecular complexity index is 366. The van der Waals surface area contributed by atoms with Crippen LogP contribution in [0.3, 0.4) is 0 Å². The predicted molar refractivity (Wildman–Crippen MR) is 68.7 cm³/mol. The van der Waals surface area contributed by atoms with E-state index in [1.807, 2.05) is 0 Å². The molecule has 1 aliphatic heterocycles. The van der Waals surface area contributed by atoms with Crippen LogP contribution in [0.5, 0.6) is 0 Å². The average molecular weight is 232 g/mol. The number of carbonyl (C=O) groups is 1. The van der Waals surface area contributed by atoms with Crippen LogP contribution in [-0.2, 0) is 17.8 Å². The molecule has 2 N–H and O–H groups in total. The molecule has 0 unspecified atom stereocenters. The van der Waals surface area contributed by atoms with Gasteiger partial charge in [0.05, 0.1) is 6.04 Å². The molecule has 1 aliphatic rings. The highest BCUT2D eigenvalue weighted by atomic mass is 16.2. The van der Waals surface area contributed by atoms with Crippen LogP contribution in [0, 0.1) is 0 Å². The third-order valence-electron chi connectivity index (χ3n) is 3.27. The molecule has 3 nitrogen and oxygen atoms in total. The molecule has 17 heavy (non-hydrogen) atoms. The summed E-state index contributed by atoms with van der Waals surface area (Å²) in [6.45, 7) is 3.73. The fraction of sp³-hybridized carbons (Fsp3) is 0.500. The lowest BCUT2D eigenvalue weighted by atomic mass is 10.1. The van der Waals surface area contributed by atoms with E-state index in [0.717, 1.165) is 31.4 Å². The van der Waals surface area contributed by atoms with E-state index < -0.39 is 0 Å². The Kier molecular flexibility index (Phi) is 4.15. The Hall–Kier alpha value is -1.35. The number of carbonyl (C=O) groups excluding carboxylic acids is 1. The largest absolute Gasteiger partial charge is 0.351 e. The molecule has 1 amide bonds. The van der Waals surface area contributed by atoms with Gasteiger partial charge >= 0.3 is 0 Å². The zero-order valence-electron chi connectivity index (χ0n) is 10.3. The van der Waals surface area contributed by atoms with Crippen molar-refractivity contribution < 1.29 is 4.79 Å². The molecule has 0 saturated carbocycles. The minimum absolute atomic E-state index is 0.0184. The molecule has 0 aliphatic carbocycles. The number of rotatable bonds is 4. The van der Waals surface area contributed by atoms with Gasteiger partial charge in [0.15, 0.2) is 0 Å². The molecule has 1 aromatic carbocycles. The zero-order chi connectivity index (χ0) is 12.1. The van der Waals surface area contributed by atoms with Gasteiger partial charge in [-0.1, -0.05) is 31.2 Å². The van der Waals surface area contributed by atoms with Crippen LogP contribution in [0.4, 0.5) is 0 Å². The Morgan fingerprint density at radius 3 is 2.65 bits per heavy atom. The number of nitrogens with one attached hydrogen (secondary N) is 2. The van der Waals surface area contributed by atoms with Crippen molar-refractivity contribution in [2.75, 3.05) is 6.54 Å². The molecule has 1 saturated heterocycles. The Labute approximate surface area is 103 Å². The maximum Gasteiger partial charge on any atom is 0.237 e. The van der Waals surface area contributed by atoms with E-state index in [1.165, 1.54) is 5.56 Å². The standard InChI is InChI=1S/C14H20N2O/c1-2-11-5-7-12(8-6-11)10-16-14(17)13-4-3-9-15-13/h5-8,13,15H,2-4,9-10H2,1H3,(H,16,17)/t13-/m1/s1. The highest BCUT2D eigenvalue weighted by Gasteiger charge is 2.21. The molecule has 2 rings (SSSR count). The molecular weight excluding hydrogens is 212 g/mol. The van der Waals surface area contributed by atoms with Gasteiger partial charge < -0.3 is 10.6 Å². The van der Waals surface area contributed by atoms with Gasteiger partial charge in [-0.15, -0.1) is 0 Å². The second-order valence-corrected chi connectivity index (χ2v) is 4.54. The molecule has 1 atom stereocenters. The van der Waals surface area contributed by atoms with Gasteiger partial charge in [0, 0.05) is 6.54 Å². The minimum Gasteiger partial charge on any atom is -0.351 e. The van der Waals surface area contributed by atoms with Crippen molar-refractivity contribution in [1.29, 1.82) is 0 Å². The number of hydrogen-bond donors (Lipinski definition) is 2. The van der Waals surface area contributed by atoms with Gasteiger partial charge in [0.25, 0.3) is 0 Å². The topological polar surface area (TPSA) is 41.1 Å². The van der Waals surface area contributed by atoms with Crippen molar-refractivity contribution in [1.82, 2.24) is 10.6 Å². The van der Waals surface area contributed by atoms with E-state index in [2.05, 4.69) is 41.8 Å². The Morgan fingerprint density at radius 2 is 2.06 bits per heavy atom. The molecule has 1 heterocycles. The number of aryl methyl sites for hydroxylation is 1. The molecule has 92 valence electrons. The van der Waals surface area contributed by atoms with E-state index in [-0.39, 0.29) is 11.9 Å². The summed E-state index contributed by atoms with van der Waals surface area (Å²) in [5, 5.41) is 6.18. The first-order valence-corrected chi connectivity index (χ1v) is 6.38. The fourth-order valence-electron chi connectivity index (χ4n) is 2.11. The summed E-state index contributed by atoms with van der Waals surface area (Å²) in [6.07, 6.45) is 3.11. The van der Waals surface area contributed by atoms with E-state index in [9.17, 15) is 4.79 Å². The van der Waals surface area contributed by atoms with Crippen molar-refractivity contribution in [3.63, 3.8) is 0 Å². The summed E-state index contributed by atoms with van der Waals surface area (Å²) in [7, 11) is 0. The summed E-state index contributed by atoms with van der Waals surface area (Å²) < 4.78 is 0. The lowest BCUT2D eigenvalue weighted by Gasteiger charge is -2.11. The van der Waals surface area contributed by atoms with E-state index in [0.29, 0.717) is 6.54 Å². The number of benzene rings is 1. The maximum atomic E-state index is 11.8. The van der Waals surface area contributed by atoms with Crippen LogP contribution in [0.25, 0.3) is 0 Å². The fourth-order valence-corrected chi connectivity index (χ4v) is 2.11. The number of hydrogen-bond acceptors (Lipinski definition) is 2. The quantitative estimate of drug-likeness (QED) is 0.828. The van der Waals surface area contributed by atoms with Crippen LogP contribution in [-0.4, -0.2) is 18.5 Å². The smallest absolute Gasteiger partial charge is 0.237 e. The summed E-state index contributed by atoms with van der Waals surface area (Å²) >= 11 is 0. The minimum atomic E-state index is 0.0184. The lowest BCUT2D eigenvalue weighted by molar-refractivity contribution is -0.122. The van der Waals surface area contributed by atoms with Crippen molar-refractivity contribution in [2.45, 2.75) is 38.8 Å². The summed E-state index contributed by atoms with van der Waals surface area (Å²) in [5.74, 6) is 0.127. The SMILES string of the molecule is CCc1ccc(CNC(=O)[C@H]2CCCN2)cc1. The van der Waals surface area contributed by atoms with E-state index in [4.69, 9.17) is 0 Å². The monoisotopic (exact) mass is 232 g/mol. The van der Waals surface area contributed by atoms with Crippen molar-refractivity contribution in [3.05, 3.63) is 35.4 Å². The van der Waals surface area contributed by atoms with Gasteiger partial charge in [-0.2, -0.15) is 0 Å². The predicted octanol–water partition coefficient (Wildman–Crippen LogP) is 1.62. The van der Waals surface area contributed by atoms with Gasteiger partial charge in [0.2, 0.25) is 5.91 Å². The van der Waals surface area contributed by atoms with Gasteiger partial charge in [0.1, 0.15) is 0 Å². The molecule has 1 aromatic rings. The van der Waals surface area contributed by atoms with Crippen LogP contribution in [0.15, 0.2) is 24.3 Å². The molecule has 0 radical (unpaired) electrons. The van der Waals surface area contributed by atoms with Gasteiger partial charge in [-0.25, -0.2) is 0 Å². The highest BCUT2D eigenvalue weighted by molar-refractivity contribution is 5.81. The molecule has 0 spiro atoms. The molecule has 3 heteroatoms. The maximum absolute atomic E-state index is 11.8. The first-order chi connectivity index (χ1) is 8.29. The van der Waals surface area contributed by atoms with E-state index in [1.54, 1.807) is 0 Å². The lowest BCUT2D eigenvalue weighted by Crippen LogP contribution is -2.39. The second-order valence-electron chi connectivity index (χ2n) is 4.54. The number of amides is 1. The third-order valence-corrected chi connectivity index (χ3v) is 3.27. The molecule has 1 fully saturated rings. The molecule has 0 aromatic heterocycles. The van der Waals surface area contributed by atoms with E-state index >= 15 is 0 Å². The van der Waals surface area contributed by atoms with Crippen molar-refractivity contribution in [3.8, 4) is 0 Å². The Morgan fingerprint density at radius 1 is 1.35 bits per heavy atom. The van der Waals surface area contributed by atoms with Crippen LogP contribution in [0.1, 0.15) is 30.9 Å². The molecule has 0 bridgehead atoms. The van der Waals surface area contributed by atoms with Crippen molar-refractivity contribution in [2.24, 2.45) is 0 Å². The summed E-state index contributed by atoms with van der Waals surface area (Å²) in [4.78, 5) is 11.8. The highest BCUT2D eigenvalue weighted by Crippen LogP contribution is 2.07. The van der Waals surface area contributed by atoms with Gasteiger partial charge in [-0.05, 0) is 36.9 Å². The van der Waals surface area contributed by atoms with Gasteiger partial charge in [-0.3, -0.25) is 4.79 Å². The summed E-state index contributed by atoms with van der Waals surface area (Å²) in [5.41, 5.74) is 2.49. The first-order valence-electron chi connectivity index (χ1n) is 6.38. The van der Waals surface area contributed by atoms with Crippen molar-refractivity contribution >= 4 is 5.91 Å². The zero-order valence-corrected chi connectivity index (χ0v) is 10.3. The van der Waals surface area contributed by atoms with Crippen LogP contribution >= 0.6 is 0 Å². The third kappa shape index (κ3) is 3.30. The van der Waals surface area contributed by atoms with Crippen LogP contribution in [0.2, 0.25) is 0 Å². The first kappa shape index (κ1) is 12.1. The normalized spacial score (nSPS) is 19.2. The van der Waals surface area contributed by atoms with Crippen LogP contribution < -0.4 is 10.6 Å². The average Bonchev–Trinajstić information content (AvgIpc) is 2.90. The second kappa shape index (κ2) is 5.82. The molecular formula is C14H20N2O. The summed E-state index contributed by atoms with van der Waals surface area (Å²) in [6, 6.07) is 8.43.